The Labute approximate surface area is 243 Å². The standard InChI is InChI=1S/C31H36N6O3S/c1-31(2,3)28-18-24(35-40-28)19-32-29(38)33-23-9-7-22(8-10-23)25-20-37-26-11-6-21(17-27(26)41-30(37)34-25)5-4-12-36-13-15-39-16-14-36/h6-11,17-18,20H,4-5,12-16,19H2,1-3H3,(H2,32,33,38). The number of benzene rings is 2. The maximum atomic E-state index is 12.4. The van der Waals surface area contributed by atoms with Crippen molar-refractivity contribution in [1.29, 1.82) is 0 Å². The molecule has 0 radical (unpaired) electrons. The highest BCUT2D eigenvalue weighted by molar-refractivity contribution is 7.23. The van der Waals surface area contributed by atoms with Crippen molar-refractivity contribution in [2.24, 2.45) is 0 Å². The van der Waals surface area contributed by atoms with Crippen molar-refractivity contribution in [3.63, 3.8) is 0 Å². The number of ether oxygens (including phenoxy) is 1. The van der Waals surface area contributed by atoms with Gasteiger partial charge in [0.05, 0.1) is 35.7 Å². The lowest BCUT2D eigenvalue weighted by atomic mass is 9.93. The zero-order valence-electron chi connectivity index (χ0n) is 23.8. The van der Waals surface area contributed by atoms with Crippen molar-refractivity contribution in [3.8, 4) is 11.3 Å². The molecule has 1 fully saturated rings. The average Bonchev–Trinajstić information content (AvgIpc) is 3.68. The van der Waals surface area contributed by atoms with Gasteiger partial charge in [0.1, 0.15) is 11.5 Å². The van der Waals surface area contributed by atoms with E-state index < -0.39 is 0 Å². The number of nitrogens with one attached hydrogen (secondary N) is 2. The van der Waals surface area contributed by atoms with Gasteiger partial charge in [-0.2, -0.15) is 0 Å². The summed E-state index contributed by atoms with van der Waals surface area (Å²) in [6.07, 6.45) is 4.32. The summed E-state index contributed by atoms with van der Waals surface area (Å²) in [6, 6.07) is 16.1. The highest BCUT2D eigenvalue weighted by Gasteiger charge is 2.20. The fraction of sp³-hybridized carbons (Fsp3) is 0.387. The number of aromatic nitrogens is 3. The van der Waals surface area contributed by atoms with Crippen LogP contribution in [0.2, 0.25) is 0 Å². The Kier molecular flexibility index (Phi) is 7.79. The number of anilines is 1. The van der Waals surface area contributed by atoms with Crippen LogP contribution in [0.3, 0.4) is 0 Å². The molecule has 2 N–H and O–H groups in total. The van der Waals surface area contributed by atoms with Gasteiger partial charge in [-0.15, -0.1) is 0 Å². The molecule has 0 aliphatic carbocycles. The molecule has 5 aromatic rings. The molecule has 0 bridgehead atoms. The molecule has 3 aromatic heterocycles. The van der Waals surface area contributed by atoms with Crippen LogP contribution in [-0.4, -0.2) is 58.3 Å². The maximum absolute atomic E-state index is 12.4. The van der Waals surface area contributed by atoms with E-state index in [9.17, 15) is 4.79 Å². The minimum atomic E-state index is -0.299. The maximum Gasteiger partial charge on any atom is 0.319 e. The van der Waals surface area contributed by atoms with Gasteiger partial charge >= 0.3 is 6.03 Å². The molecule has 1 aliphatic rings. The first-order valence-corrected chi connectivity index (χ1v) is 15.0. The van der Waals surface area contributed by atoms with Gasteiger partial charge in [0.15, 0.2) is 4.96 Å². The van der Waals surface area contributed by atoms with Gasteiger partial charge < -0.3 is 19.9 Å². The van der Waals surface area contributed by atoms with E-state index in [4.69, 9.17) is 14.2 Å². The van der Waals surface area contributed by atoms with Crippen LogP contribution in [0.25, 0.3) is 26.4 Å². The lowest BCUT2D eigenvalue weighted by molar-refractivity contribution is 0.0375. The molecule has 2 amide bonds. The summed E-state index contributed by atoms with van der Waals surface area (Å²) in [7, 11) is 0. The molecule has 0 saturated carbocycles. The number of carbonyl (C=O) groups is 1. The topological polar surface area (TPSA) is 96.9 Å². The third kappa shape index (κ3) is 6.45. The SMILES string of the molecule is CC(C)(C)c1cc(CNC(=O)Nc2ccc(-c3cn4c(n3)sc3cc(CCCN5CCOCC5)ccc34)cc2)no1. The van der Waals surface area contributed by atoms with E-state index in [1.807, 2.05) is 30.3 Å². The third-order valence-corrected chi connectivity index (χ3v) is 8.39. The Morgan fingerprint density at radius 3 is 2.63 bits per heavy atom. The number of urea groups is 1. The Balaban J connectivity index is 1.05. The van der Waals surface area contributed by atoms with E-state index in [-0.39, 0.29) is 11.4 Å². The lowest BCUT2D eigenvalue weighted by Gasteiger charge is -2.26. The minimum absolute atomic E-state index is 0.126. The van der Waals surface area contributed by atoms with Crippen molar-refractivity contribution >= 4 is 38.2 Å². The predicted molar refractivity (Wildman–Crippen MR) is 163 cm³/mol. The van der Waals surface area contributed by atoms with E-state index in [0.717, 1.165) is 67.7 Å². The van der Waals surface area contributed by atoms with Crippen LogP contribution >= 0.6 is 11.3 Å². The molecule has 9 nitrogen and oxygen atoms in total. The van der Waals surface area contributed by atoms with Crippen LogP contribution in [0.15, 0.2) is 59.3 Å². The molecule has 6 rings (SSSR count). The van der Waals surface area contributed by atoms with Gasteiger partial charge in [0.25, 0.3) is 0 Å². The summed E-state index contributed by atoms with van der Waals surface area (Å²) in [5.41, 5.74) is 5.72. The molecular weight excluding hydrogens is 536 g/mol. The van der Waals surface area contributed by atoms with Gasteiger partial charge in [0.2, 0.25) is 0 Å². The molecule has 4 heterocycles. The molecule has 10 heteroatoms. The molecular formula is C31H36N6O3S. The molecule has 41 heavy (non-hydrogen) atoms. The first kappa shape index (κ1) is 27.4. The zero-order chi connectivity index (χ0) is 28.4. The first-order chi connectivity index (χ1) is 19.8. The largest absolute Gasteiger partial charge is 0.379 e. The van der Waals surface area contributed by atoms with Crippen LogP contribution in [0.1, 0.15) is 44.2 Å². The number of hydrogen-bond donors (Lipinski definition) is 2. The van der Waals surface area contributed by atoms with Gasteiger partial charge in [-0.3, -0.25) is 9.30 Å². The van der Waals surface area contributed by atoms with Crippen molar-refractivity contribution in [2.45, 2.75) is 45.6 Å². The number of amides is 2. The molecule has 2 aromatic carbocycles. The second-order valence-electron chi connectivity index (χ2n) is 11.6. The summed E-state index contributed by atoms with van der Waals surface area (Å²) < 4.78 is 14.3. The summed E-state index contributed by atoms with van der Waals surface area (Å²) >= 11 is 1.72. The number of aryl methyl sites for hydroxylation is 1. The fourth-order valence-corrected chi connectivity index (χ4v) is 6.06. The second-order valence-corrected chi connectivity index (χ2v) is 12.6. The van der Waals surface area contributed by atoms with Gasteiger partial charge in [-0.1, -0.05) is 55.5 Å². The number of rotatable bonds is 8. The fourth-order valence-electron chi connectivity index (χ4n) is 4.99. The van der Waals surface area contributed by atoms with Crippen LogP contribution in [0, 0.1) is 0 Å². The predicted octanol–water partition coefficient (Wildman–Crippen LogP) is 6.09. The highest BCUT2D eigenvalue weighted by atomic mass is 32.1. The Bertz CT molecular complexity index is 1640. The molecule has 0 spiro atoms. The summed E-state index contributed by atoms with van der Waals surface area (Å²) in [5, 5.41) is 9.74. The van der Waals surface area contributed by atoms with Crippen molar-refractivity contribution in [2.75, 3.05) is 38.2 Å². The van der Waals surface area contributed by atoms with Gasteiger partial charge in [-0.25, -0.2) is 9.78 Å². The summed E-state index contributed by atoms with van der Waals surface area (Å²) in [5.74, 6) is 0.789. The Morgan fingerprint density at radius 2 is 1.88 bits per heavy atom. The van der Waals surface area contributed by atoms with Gasteiger partial charge in [0, 0.05) is 42.0 Å². The van der Waals surface area contributed by atoms with Crippen molar-refractivity contribution in [3.05, 3.63) is 71.7 Å². The highest BCUT2D eigenvalue weighted by Crippen LogP contribution is 2.31. The van der Waals surface area contributed by atoms with E-state index in [1.165, 1.54) is 15.8 Å². The van der Waals surface area contributed by atoms with E-state index >= 15 is 0 Å². The molecule has 1 aliphatic heterocycles. The first-order valence-electron chi connectivity index (χ1n) is 14.1. The monoisotopic (exact) mass is 572 g/mol. The lowest BCUT2D eigenvalue weighted by Crippen LogP contribution is -2.36. The number of hydrogen-bond acceptors (Lipinski definition) is 7. The van der Waals surface area contributed by atoms with E-state index in [0.29, 0.717) is 17.9 Å². The van der Waals surface area contributed by atoms with E-state index in [1.54, 1.807) is 11.3 Å². The van der Waals surface area contributed by atoms with Crippen molar-refractivity contribution in [1.82, 2.24) is 24.8 Å². The van der Waals surface area contributed by atoms with Crippen LogP contribution in [0.4, 0.5) is 10.5 Å². The number of imidazole rings is 1. The van der Waals surface area contributed by atoms with Crippen LogP contribution < -0.4 is 10.6 Å². The Hall–Kier alpha value is -3.73. The van der Waals surface area contributed by atoms with E-state index in [2.05, 4.69) is 70.3 Å². The quantitative estimate of drug-likeness (QED) is 0.234. The van der Waals surface area contributed by atoms with Crippen LogP contribution in [0.5, 0.6) is 0 Å². The number of morpholine rings is 1. The van der Waals surface area contributed by atoms with Gasteiger partial charge in [-0.05, 0) is 49.2 Å². The summed E-state index contributed by atoms with van der Waals surface area (Å²) in [6.45, 7) is 11.4. The smallest absolute Gasteiger partial charge is 0.319 e. The molecule has 1 saturated heterocycles. The normalized spacial score (nSPS) is 14.6. The third-order valence-electron chi connectivity index (χ3n) is 7.37. The molecule has 214 valence electrons. The minimum Gasteiger partial charge on any atom is -0.379 e. The van der Waals surface area contributed by atoms with Crippen molar-refractivity contribution < 1.29 is 14.1 Å². The number of thiazole rings is 1. The average molecular weight is 573 g/mol. The second kappa shape index (κ2) is 11.6. The number of nitrogens with zero attached hydrogens (tertiary/aromatic N) is 4. The zero-order valence-corrected chi connectivity index (χ0v) is 24.6. The van der Waals surface area contributed by atoms with Crippen LogP contribution in [-0.2, 0) is 23.1 Å². The molecule has 0 atom stereocenters. The number of fused-ring (bicyclic) bond motifs is 3. The Morgan fingerprint density at radius 1 is 1.07 bits per heavy atom. The molecule has 0 unspecified atom stereocenters. The number of carbonyl (C=O) groups excluding carboxylic acids is 1. The summed E-state index contributed by atoms with van der Waals surface area (Å²) in [4.78, 5) is 20.8.